The van der Waals surface area contributed by atoms with Crippen molar-refractivity contribution >= 4 is 17.7 Å². The third-order valence-corrected chi connectivity index (χ3v) is 3.02. The average molecular weight is 213 g/mol. The van der Waals surface area contributed by atoms with Gasteiger partial charge in [0.25, 0.3) is 0 Å². The highest BCUT2D eigenvalue weighted by molar-refractivity contribution is 7.99. The maximum Gasteiger partial charge on any atom is 0.313 e. The van der Waals surface area contributed by atoms with Crippen LogP contribution in [0.1, 0.15) is 12.8 Å². The normalized spacial score (nSPS) is 15.7. The molecule has 1 saturated carbocycles. The Morgan fingerprint density at radius 1 is 1.71 bits per heavy atom. The second-order valence-corrected chi connectivity index (χ2v) is 4.33. The van der Waals surface area contributed by atoms with Crippen molar-refractivity contribution in [1.29, 1.82) is 0 Å². The molecule has 0 radical (unpaired) electrons. The molecule has 76 valence electrons. The maximum atomic E-state index is 10.4. The van der Waals surface area contributed by atoms with E-state index in [1.165, 1.54) is 24.6 Å². The van der Waals surface area contributed by atoms with Crippen LogP contribution in [0.3, 0.4) is 0 Å². The monoisotopic (exact) mass is 213 g/mol. The largest absolute Gasteiger partial charge is 0.481 e. The Morgan fingerprint density at radius 2 is 2.50 bits per heavy atom. The van der Waals surface area contributed by atoms with Crippen LogP contribution >= 0.6 is 11.8 Å². The molecule has 0 saturated heterocycles. The van der Waals surface area contributed by atoms with Crippen molar-refractivity contribution in [2.75, 3.05) is 5.75 Å². The fraction of sp³-hybridized carbons (Fsp3) is 0.625. The molecule has 0 unspecified atom stereocenters. The number of carboxylic acid groups (broad SMARTS) is 1. The molecule has 0 aromatic carbocycles. The van der Waals surface area contributed by atoms with Crippen LogP contribution in [0, 0.1) is 5.92 Å². The fourth-order valence-corrected chi connectivity index (χ4v) is 1.83. The van der Waals surface area contributed by atoms with Crippen molar-refractivity contribution in [3.8, 4) is 0 Å². The SMILES string of the molecule is O=C(O)CSc1nncn1CC1CC1. The highest BCUT2D eigenvalue weighted by Gasteiger charge is 2.23. The maximum absolute atomic E-state index is 10.4. The lowest BCUT2D eigenvalue weighted by Gasteiger charge is -2.02. The lowest BCUT2D eigenvalue weighted by molar-refractivity contribution is -0.133. The number of hydrogen-bond acceptors (Lipinski definition) is 4. The summed E-state index contributed by atoms with van der Waals surface area (Å²) >= 11 is 1.22. The lowest BCUT2D eigenvalue weighted by Crippen LogP contribution is -2.03. The lowest BCUT2D eigenvalue weighted by atomic mass is 10.4. The molecule has 14 heavy (non-hydrogen) atoms. The Hall–Kier alpha value is -1.04. The van der Waals surface area contributed by atoms with Crippen molar-refractivity contribution in [2.24, 2.45) is 5.92 Å². The van der Waals surface area contributed by atoms with Gasteiger partial charge in [0.05, 0.1) is 5.75 Å². The van der Waals surface area contributed by atoms with Gasteiger partial charge in [0.2, 0.25) is 0 Å². The molecule has 0 atom stereocenters. The number of aromatic nitrogens is 3. The smallest absolute Gasteiger partial charge is 0.313 e. The summed E-state index contributed by atoms with van der Waals surface area (Å²) in [5.74, 6) is -0.0326. The van der Waals surface area contributed by atoms with Crippen LogP contribution in [0.15, 0.2) is 11.5 Å². The number of carboxylic acids is 1. The quantitative estimate of drug-likeness (QED) is 0.735. The molecule has 6 heteroatoms. The summed E-state index contributed by atoms with van der Waals surface area (Å²) in [6.07, 6.45) is 4.20. The predicted octanol–water partition coefficient (Wildman–Crippen LogP) is 0.865. The zero-order chi connectivity index (χ0) is 9.97. The van der Waals surface area contributed by atoms with Gasteiger partial charge in [-0.3, -0.25) is 4.79 Å². The van der Waals surface area contributed by atoms with Crippen molar-refractivity contribution in [3.05, 3.63) is 6.33 Å². The van der Waals surface area contributed by atoms with Crippen LogP contribution in [0.25, 0.3) is 0 Å². The molecule has 1 N–H and O–H groups in total. The first kappa shape index (κ1) is 9.51. The van der Waals surface area contributed by atoms with E-state index in [0.29, 0.717) is 5.16 Å². The molecule has 5 nitrogen and oxygen atoms in total. The van der Waals surface area contributed by atoms with Crippen molar-refractivity contribution in [1.82, 2.24) is 14.8 Å². The minimum Gasteiger partial charge on any atom is -0.481 e. The van der Waals surface area contributed by atoms with Gasteiger partial charge in [-0.15, -0.1) is 10.2 Å². The molecular weight excluding hydrogens is 202 g/mol. The molecule has 0 amide bonds. The third-order valence-electron chi connectivity index (χ3n) is 2.06. The van der Waals surface area contributed by atoms with Gasteiger partial charge in [-0.05, 0) is 18.8 Å². The Kier molecular flexibility index (Phi) is 2.72. The summed E-state index contributed by atoms with van der Waals surface area (Å²) in [5.41, 5.74) is 0. The van der Waals surface area contributed by atoms with Crippen LogP contribution < -0.4 is 0 Å². The van der Waals surface area contributed by atoms with Gasteiger partial charge in [-0.25, -0.2) is 0 Å². The molecule has 1 aromatic rings. The number of hydrogen-bond donors (Lipinski definition) is 1. The van der Waals surface area contributed by atoms with Crippen LogP contribution in [0.2, 0.25) is 0 Å². The predicted molar refractivity (Wildman–Crippen MR) is 51.1 cm³/mol. The Bertz CT molecular complexity index is 335. The van der Waals surface area contributed by atoms with Crippen LogP contribution in [0.4, 0.5) is 0 Å². The van der Waals surface area contributed by atoms with E-state index in [-0.39, 0.29) is 5.75 Å². The molecule has 1 aliphatic carbocycles. The summed E-state index contributed by atoms with van der Waals surface area (Å²) in [7, 11) is 0. The minimum atomic E-state index is -0.823. The molecule has 1 aromatic heterocycles. The zero-order valence-electron chi connectivity index (χ0n) is 7.59. The van der Waals surface area contributed by atoms with Gasteiger partial charge in [0, 0.05) is 6.54 Å². The molecule has 0 bridgehead atoms. The van der Waals surface area contributed by atoms with Gasteiger partial charge >= 0.3 is 5.97 Å². The number of thioether (sulfide) groups is 1. The highest BCUT2D eigenvalue weighted by Crippen LogP contribution is 2.31. The molecule has 0 spiro atoms. The van der Waals surface area contributed by atoms with Gasteiger partial charge < -0.3 is 9.67 Å². The van der Waals surface area contributed by atoms with E-state index in [9.17, 15) is 4.79 Å². The molecular formula is C8H11N3O2S. The first-order valence-electron chi connectivity index (χ1n) is 4.48. The first-order valence-corrected chi connectivity index (χ1v) is 5.46. The van der Waals surface area contributed by atoms with E-state index in [2.05, 4.69) is 10.2 Å². The van der Waals surface area contributed by atoms with E-state index in [4.69, 9.17) is 5.11 Å². The van der Waals surface area contributed by atoms with E-state index in [1.54, 1.807) is 6.33 Å². The topological polar surface area (TPSA) is 68.0 Å². The number of carbonyl (C=O) groups is 1. The first-order chi connectivity index (χ1) is 6.75. The Labute approximate surface area is 85.5 Å². The van der Waals surface area contributed by atoms with Crippen LogP contribution in [-0.2, 0) is 11.3 Å². The number of aliphatic carboxylic acids is 1. The standard InChI is InChI=1S/C8H11N3O2S/c12-7(13)4-14-8-10-9-5-11(8)3-6-1-2-6/h5-6H,1-4H2,(H,12,13). The average Bonchev–Trinajstić information content (AvgIpc) is 2.81. The van der Waals surface area contributed by atoms with E-state index in [1.807, 2.05) is 4.57 Å². The number of nitrogens with zero attached hydrogens (tertiary/aromatic N) is 3. The van der Waals surface area contributed by atoms with Crippen LogP contribution in [0.5, 0.6) is 0 Å². The van der Waals surface area contributed by atoms with Gasteiger partial charge in [0.15, 0.2) is 5.16 Å². The van der Waals surface area contributed by atoms with Crippen molar-refractivity contribution in [2.45, 2.75) is 24.5 Å². The minimum absolute atomic E-state index is 0.0450. The molecule has 1 aliphatic rings. The van der Waals surface area contributed by atoms with Gasteiger partial charge in [-0.2, -0.15) is 0 Å². The zero-order valence-corrected chi connectivity index (χ0v) is 8.40. The van der Waals surface area contributed by atoms with E-state index >= 15 is 0 Å². The molecule has 0 aliphatic heterocycles. The van der Waals surface area contributed by atoms with Crippen LogP contribution in [-0.4, -0.2) is 31.6 Å². The fourth-order valence-electron chi connectivity index (χ4n) is 1.19. The molecule has 2 rings (SSSR count). The summed E-state index contributed by atoms with van der Waals surface area (Å²) in [5, 5.41) is 16.9. The number of rotatable bonds is 5. The molecule has 1 heterocycles. The summed E-state index contributed by atoms with van der Waals surface area (Å²) in [4.78, 5) is 10.4. The summed E-state index contributed by atoms with van der Waals surface area (Å²) in [6.45, 7) is 0.926. The second-order valence-electron chi connectivity index (χ2n) is 3.39. The van der Waals surface area contributed by atoms with E-state index < -0.39 is 5.97 Å². The van der Waals surface area contributed by atoms with Gasteiger partial charge in [0.1, 0.15) is 6.33 Å². The molecule has 1 fully saturated rings. The van der Waals surface area contributed by atoms with Gasteiger partial charge in [-0.1, -0.05) is 11.8 Å². The Morgan fingerprint density at radius 3 is 3.14 bits per heavy atom. The van der Waals surface area contributed by atoms with Crippen molar-refractivity contribution < 1.29 is 9.90 Å². The second kappa shape index (κ2) is 4.00. The Balaban J connectivity index is 1.93. The third kappa shape index (κ3) is 2.47. The summed E-state index contributed by atoms with van der Waals surface area (Å²) < 4.78 is 1.94. The summed E-state index contributed by atoms with van der Waals surface area (Å²) in [6, 6.07) is 0. The van der Waals surface area contributed by atoms with Crippen molar-refractivity contribution in [3.63, 3.8) is 0 Å². The highest BCUT2D eigenvalue weighted by atomic mass is 32.2. The van der Waals surface area contributed by atoms with E-state index in [0.717, 1.165) is 12.5 Å².